The Morgan fingerprint density at radius 2 is 2.19 bits per heavy atom. The topological polar surface area (TPSA) is 12.4 Å². The summed E-state index contributed by atoms with van der Waals surface area (Å²) >= 11 is 1.87. The van der Waals surface area contributed by atoms with Crippen molar-refractivity contribution in [3.8, 4) is 0 Å². The molecular formula is C14H17NS. The van der Waals surface area contributed by atoms with Crippen LogP contribution in [0.25, 0.3) is 5.57 Å². The van der Waals surface area contributed by atoms with E-state index in [1.54, 1.807) is 0 Å². The summed E-state index contributed by atoms with van der Waals surface area (Å²) in [6.07, 6.45) is 3.35. The van der Waals surface area contributed by atoms with Gasteiger partial charge in [0.25, 0.3) is 0 Å². The molecule has 1 aromatic rings. The summed E-state index contributed by atoms with van der Waals surface area (Å²) in [5.41, 5.74) is 2.58. The smallest absolute Gasteiger partial charge is 0.0911 e. The number of rotatable bonds is 3. The third-order valence-electron chi connectivity index (χ3n) is 2.77. The summed E-state index contributed by atoms with van der Waals surface area (Å²) in [4.78, 5) is 4.68. The molecule has 1 aromatic carbocycles. The van der Waals surface area contributed by atoms with Crippen LogP contribution in [0.2, 0.25) is 0 Å². The SMILES string of the molecule is CC[C@H]1CSC(/C=C(\C)c2ccccc2)=N1. The van der Waals surface area contributed by atoms with Crippen LogP contribution < -0.4 is 0 Å². The van der Waals surface area contributed by atoms with Gasteiger partial charge in [0.1, 0.15) is 0 Å². The first-order chi connectivity index (χ1) is 7.79. The summed E-state index contributed by atoms with van der Waals surface area (Å²) in [6.45, 7) is 4.35. The van der Waals surface area contributed by atoms with Crippen LogP contribution in [-0.2, 0) is 0 Å². The minimum absolute atomic E-state index is 0.528. The first kappa shape index (κ1) is 11.5. The number of hydrogen-bond acceptors (Lipinski definition) is 2. The van der Waals surface area contributed by atoms with Crippen molar-refractivity contribution in [2.24, 2.45) is 4.99 Å². The number of hydrogen-bond donors (Lipinski definition) is 0. The molecule has 2 rings (SSSR count). The fraction of sp³-hybridized carbons (Fsp3) is 0.357. The third kappa shape index (κ3) is 2.76. The first-order valence-corrected chi connectivity index (χ1v) is 6.72. The van der Waals surface area contributed by atoms with Gasteiger partial charge in [0.2, 0.25) is 0 Å². The van der Waals surface area contributed by atoms with Gasteiger partial charge in [-0.1, -0.05) is 37.3 Å². The molecular weight excluding hydrogens is 214 g/mol. The largest absolute Gasteiger partial charge is 0.274 e. The van der Waals surface area contributed by atoms with Crippen molar-refractivity contribution in [2.45, 2.75) is 26.3 Å². The number of nitrogens with zero attached hydrogens (tertiary/aromatic N) is 1. The molecule has 1 aliphatic heterocycles. The van der Waals surface area contributed by atoms with E-state index in [1.165, 1.54) is 16.2 Å². The molecule has 0 spiro atoms. The van der Waals surface area contributed by atoms with Gasteiger partial charge in [0.15, 0.2) is 0 Å². The zero-order valence-corrected chi connectivity index (χ0v) is 10.6. The average molecular weight is 231 g/mol. The molecule has 1 aliphatic rings. The molecule has 0 aromatic heterocycles. The normalized spacial score (nSPS) is 21.0. The Bertz CT molecular complexity index is 406. The lowest BCUT2D eigenvalue weighted by molar-refractivity contribution is 0.738. The van der Waals surface area contributed by atoms with E-state index >= 15 is 0 Å². The van der Waals surface area contributed by atoms with Crippen molar-refractivity contribution in [2.75, 3.05) is 5.75 Å². The standard InChI is InChI=1S/C14H17NS/c1-3-13-10-16-14(15-13)9-11(2)12-7-5-4-6-8-12/h4-9,13H,3,10H2,1-2H3/b11-9+/t13-/m0/s1. The predicted octanol–water partition coefficient (Wildman–Crippen LogP) is 4.01. The number of allylic oxidation sites excluding steroid dienone is 1. The Morgan fingerprint density at radius 3 is 2.81 bits per heavy atom. The summed E-state index contributed by atoms with van der Waals surface area (Å²) in [5.74, 6) is 1.14. The molecule has 1 heterocycles. The zero-order valence-electron chi connectivity index (χ0n) is 9.81. The average Bonchev–Trinajstić information content (AvgIpc) is 2.78. The van der Waals surface area contributed by atoms with Crippen LogP contribution in [0.3, 0.4) is 0 Å². The highest BCUT2D eigenvalue weighted by molar-refractivity contribution is 8.14. The molecule has 0 radical (unpaired) electrons. The Hall–Kier alpha value is -1.02. The molecule has 1 nitrogen and oxygen atoms in total. The van der Waals surface area contributed by atoms with Gasteiger partial charge in [-0.3, -0.25) is 4.99 Å². The highest BCUT2D eigenvalue weighted by atomic mass is 32.2. The highest BCUT2D eigenvalue weighted by Gasteiger charge is 2.14. The van der Waals surface area contributed by atoms with Crippen molar-refractivity contribution < 1.29 is 0 Å². The van der Waals surface area contributed by atoms with Crippen LogP contribution >= 0.6 is 11.8 Å². The highest BCUT2D eigenvalue weighted by Crippen LogP contribution is 2.23. The van der Waals surface area contributed by atoms with E-state index in [0.717, 1.165) is 12.2 Å². The van der Waals surface area contributed by atoms with E-state index in [2.05, 4.69) is 49.2 Å². The Labute approximate surface area is 102 Å². The Balaban J connectivity index is 2.14. The van der Waals surface area contributed by atoms with Crippen LogP contribution in [-0.4, -0.2) is 16.8 Å². The maximum absolute atomic E-state index is 4.68. The van der Waals surface area contributed by atoms with Gasteiger partial charge in [-0.15, -0.1) is 11.8 Å². The molecule has 2 heteroatoms. The monoisotopic (exact) mass is 231 g/mol. The maximum atomic E-state index is 4.68. The molecule has 0 fully saturated rings. The van der Waals surface area contributed by atoms with Crippen molar-refractivity contribution in [3.05, 3.63) is 42.0 Å². The number of thioether (sulfide) groups is 1. The van der Waals surface area contributed by atoms with Crippen LogP contribution in [0, 0.1) is 0 Å². The van der Waals surface area contributed by atoms with Crippen molar-refractivity contribution in [1.29, 1.82) is 0 Å². The minimum atomic E-state index is 0.528. The molecule has 0 N–H and O–H groups in total. The quantitative estimate of drug-likeness (QED) is 0.765. The summed E-state index contributed by atoms with van der Waals surface area (Å²) in [7, 11) is 0. The molecule has 0 saturated carbocycles. The zero-order chi connectivity index (χ0) is 11.4. The second-order valence-electron chi connectivity index (χ2n) is 4.03. The molecule has 0 bridgehead atoms. The van der Waals surface area contributed by atoms with E-state index in [9.17, 15) is 0 Å². The summed E-state index contributed by atoms with van der Waals surface area (Å²) in [6, 6.07) is 11.0. The van der Waals surface area contributed by atoms with Gasteiger partial charge in [0, 0.05) is 5.75 Å². The van der Waals surface area contributed by atoms with Crippen LogP contribution in [0.5, 0.6) is 0 Å². The number of benzene rings is 1. The van der Waals surface area contributed by atoms with Crippen molar-refractivity contribution in [1.82, 2.24) is 0 Å². The second-order valence-corrected chi connectivity index (χ2v) is 5.07. The molecule has 0 aliphatic carbocycles. The molecule has 0 amide bonds. The lowest BCUT2D eigenvalue weighted by atomic mass is 10.1. The first-order valence-electron chi connectivity index (χ1n) is 5.74. The Kier molecular flexibility index (Phi) is 3.83. The third-order valence-corrected chi connectivity index (χ3v) is 3.84. The van der Waals surface area contributed by atoms with Gasteiger partial charge in [-0.2, -0.15) is 0 Å². The summed E-state index contributed by atoms with van der Waals surface area (Å²) in [5, 5.41) is 1.19. The number of aliphatic imine (C=N–C) groups is 1. The van der Waals surface area contributed by atoms with Gasteiger partial charge in [0.05, 0.1) is 11.1 Å². The molecule has 0 unspecified atom stereocenters. The van der Waals surface area contributed by atoms with E-state index in [0.29, 0.717) is 6.04 Å². The predicted molar refractivity (Wildman–Crippen MR) is 74.1 cm³/mol. The van der Waals surface area contributed by atoms with E-state index in [4.69, 9.17) is 0 Å². The minimum Gasteiger partial charge on any atom is -0.274 e. The lowest BCUT2D eigenvalue weighted by Crippen LogP contribution is -1.99. The van der Waals surface area contributed by atoms with Gasteiger partial charge in [-0.25, -0.2) is 0 Å². The molecule has 16 heavy (non-hydrogen) atoms. The molecule has 1 atom stereocenters. The van der Waals surface area contributed by atoms with Crippen LogP contribution in [0.4, 0.5) is 0 Å². The van der Waals surface area contributed by atoms with E-state index in [1.807, 2.05) is 17.8 Å². The fourth-order valence-electron chi connectivity index (χ4n) is 1.69. The molecule has 0 saturated heterocycles. The second kappa shape index (κ2) is 5.35. The van der Waals surface area contributed by atoms with Gasteiger partial charge >= 0.3 is 0 Å². The van der Waals surface area contributed by atoms with Crippen molar-refractivity contribution >= 4 is 22.4 Å². The summed E-state index contributed by atoms with van der Waals surface area (Å²) < 4.78 is 0. The van der Waals surface area contributed by atoms with Gasteiger partial charge < -0.3 is 0 Å². The maximum Gasteiger partial charge on any atom is 0.0911 e. The Morgan fingerprint density at radius 1 is 1.44 bits per heavy atom. The van der Waals surface area contributed by atoms with E-state index in [-0.39, 0.29) is 0 Å². The lowest BCUT2D eigenvalue weighted by Gasteiger charge is -2.00. The molecule has 84 valence electrons. The van der Waals surface area contributed by atoms with Crippen LogP contribution in [0.15, 0.2) is 41.4 Å². The van der Waals surface area contributed by atoms with Gasteiger partial charge in [-0.05, 0) is 30.6 Å². The van der Waals surface area contributed by atoms with Crippen molar-refractivity contribution in [3.63, 3.8) is 0 Å². The fourth-order valence-corrected chi connectivity index (χ4v) is 2.85. The van der Waals surface area contributed by atoms with Crippen LogP contribution in [0.1, 0.15) is 25.8 Å². The van der Waals surface area contributed by atoms with E-state index < -0.39 is 0 Å².